The van der Waals surface area contributed by atoms with Crippen LogP contribution in [0.5, 0.6) is 0 Å². The summed E-state index contributed by atoms with van der Waals surface area (Å²) < 4.78 is 13.5. The van der Waals surface area contributed by atoms with E-state index in [1.807, 2.05) is 18.4 Å². The van der Waals surface area contributed by atoms with Gasteiger partial charge in [0.25, 0.3) is 0 Å². The number of aryl methyl sites for hydroxylation is 1. The molecule has 1 amide bonds. The number of halogens is 1. The number of aromatic nitrogens is 1. The average Bonchev–Trinajstić information content (AvgIpc) is 2.84. The van der Waals surface area contributed by atoms with E-state index in [0.29, 0.717) is 10.8 Å². The van der Waals surface area contributed by atoms with Crippen molar-refractivity contribution in [3.8, 4) is 11.3 Å². The summed E-state index contributed by atoms with van der Waals surface area (Å²) in [5.41, 5.74) is 7.49. The predicted molar refractivity (Wildman–Crippen MR) is 74.3 cm³/mol. The van der Waals surface area contributed by atoms with Gasteiger partial charge in [-0.05, 0) is 30.2 Å². The van der Waals surface area contributed by atoms with Crippen molar-refractivity contribution in [3.63, 3.8) is 0 Å². The van der Waals surface area contributed by atoms with Crippen molar-refractivity contribution in [2.75, 3.05) is 5.43 Å². The van der Waals surface area contributed by atoms with Crippen LogP contribution < -0.4 is 10.9 Å². The number of carbonyl (C=O) groups is 1. The topological polar surface area (TPSA) is 54.0 Å². The molecule has 100 valence electrons. The van der Waals surface area contributed by atoms with E-state index in [2.05, 4.69) is 15.8 Å². The highest BCUT2D eigenvalue weighted by molar-refractivity contribution is 7.14. The maximum Gasteiger partial charge on any atom is 0.235 e. The molecule has 2 aromatic rings. The molecule has 0 aliphatic heterocycles. The second kappa shape index (κ2) is 5.79. The first-order valence-electron chi connectivity index (χ1n) is 5.86. The number of carbonyl (C=O) groups excluding carboxylic acids is 1. The molecule has 1 heterocycles. The van der Waals surface area contributed by atoms with E-state index >= 15 is 0 Å². The van der Waals surface area contributed by atoms with Crippen LogP contribution in [0.2, 0.25) is 0 Å². The fourth-order valence-electron chi connectivity index (χ4n) is 1.61. The Hall–Kier alpha value is -1.95. The summed E-state index contributed by atoms with van der Waals surface area (Å²) in [5.74, 6) is -0.463. The van der Waals surface area contributed by atoms with Crippen LogP contribution in [0.15, 0.2) is 23.6 Å². The van der Waals surface area contributed by atoms with Crippen molar-refractivity contribution in [1.29, 1.82) is 0 Å². The van der Waals surface area contributed by atoms with E-state index in [1.54, 1.807) is 0 Å². The zero-order valence-corrected chi connectivity index (χ0v) is 11.5. The first-order valence-corrected chi connectivity index (χ1v) is 6.74. The van der Waals surface area contributed by atoms with Gasteiger partial charge in [-0.2, -0.15) is 0 Å². The van der Waals surface area contributed by atoms with Crippen molar-refractivity contribution < 1.29 is 9.18 Å². The number of benzene rings is 1. The van der Waals surface area contributed by atoms with Gasteiger partial charge in [0.2, 0.25) is 11.0 Å². The van der Waals surface area contributed by atoms with Crippen molar-refractivity contribution in [2.45, 2.75) is 20.3 Å². The Morgan fingerprint density at radius 3 is 2.89 bits per heavy atom. The minimum absolute atomic E-state index is 0.198. The number of rotatable bonds is 4. The lowest BCUT2D eigenvalue weighted by Gasteiger charge is -2.03. The molecule has 0 saturated carbocycles. The van der Waals surface area contributed by atoms with E-state index in [-0.39, 0.29) is 11.7 Å². The molecule has 1 aromatic carbocycles. The largest absolute Gasteiger partial charge is 0.274 e. The molecule has 0 fully saturated rings. The molecule has 0 unspecified atom stereocenters. The van der Waals surface area contributed by atoms with Crippen LogP contribution in [-0.4, -0.2) is 10.9 Å². The average molecular weight is 279 g/mol. The number of hydrogen-bond acceptors (Lipinski definition) is 4. The van der Waals surface area contributed by atoms with E-state index in [0.717, 1.165) is 17.5 Å². The molecule has 6 heteroatoms. The number of anilines is 1. The van der Waals surface area contributed by atoms with Gasteiger partial charge in [-0.3, -0.25) is 15.6 Å². The number of nitrogens with zero attached hydrogens (tertiary/aromatic N) is 1. The van der Waals surface area contributed by atoms with E-state index in [9.17, 15) is 9.18 Å². The van der Waals surface area contributed by atoms with Crippen molar-refractivity contribution in [3.05, 3.63) is 35.0 Å². The fourth-order valence-corrected chi connectivity index (χ4v) is 2.28. The molecule has 0 aliphatic rings. The maximum atomic E-state index is 13.5. The van der Waals surface area contributed by atoms with Crippen LogP contribution in [0.25, 0.3) is 11.3 Å². The molecule has 19 heavy (non-hydrogen) atoms. The first-order chi connectivity index (χ1) is 9.08. The van der Waals surface area contributed by atoms with Crippen molar-refractivity contribution >= 4 is 22.4 Å². The molecular weight excluding hydrogens is 265 g/mol. The normalized spacial score (nSPS) is 10.3. The van der Waals surface area contributed by atoms with Gasteiger partial charge in [-0.15, -0.1) is 11.3 Å². The molecule has 0 radical (unpaired) electrons. The minimum atomic E-state index is -0.265. The van der Waals surface area contributed by atoms with Gasteiger partial charge in [0.05, 0.1) is 5.69 Å². The molecule has 0 spiro atoms. The molecule has 4 nitrogen and oxygen atoms in total. The van der Waals surface area contributed by atoms with E-state index in [1.165, 1.54) is 30.4 Å². The Balaban J connectivity index is 2.22. The van der Waals surface area contributed by atoms with Crippen LogP contribution in [0.4, 0.5) is 9.52 Å². The van der Waals surface area contributed by atoms with Crippen LogP contribution in [0.1, 0.15) is 19.4 Å². The zero-order valence-electron chi connectivity index (χ0n) is 10.7. The van der Waals surface area contributed by atoms with E-state index < -0.39 is 0 Å². The minimum Gasteiger partial charge on any atom is -0.274 e. The van der Waals surface area contributed by atoms with Crippen molar-refractivity contribution in [2.24, 2.45) is 0 Å². The highest BCUT2D eigenvalue weighted by atomic mass is 32.1. The van der Waals surface area contributed by atoms with Crippen LogP contribution >= 0.6 is 11.3 Å². The quantitative estimate of drug-likeness (QED) is 0.846. The van der Waals surface area contributed by atoms with Gasteiger partial charge >= 0.3 is 0 Å². The second-order valence-electron chi connectivity index (χ2n) is 4.05. The summed E-state index contributed by atoms with van der Waals surface area (Å²) >= 11 is 1.35. The first kappa shape index (κ1) is 13.5. The van der Waals surface area contributed by atoms with Gasteiger partial charge in [0, 0.05) is 17.9 Å². The zero-order chi connectivity index (χ0) is 13.8. The predicted octanol–water partition coefficient (Wildman–Crippen LogP) is 2.97. The molecule has 0 atom stereocenters. The standard InChI is InChI=1S/C13H14FN3OS/c1-3-9-4-10(6-11(14)5-9)12-7-19-13(15-12)17-16-8(2)18/h4-7H,3H2,1-2H3,(H,15,17)(H,16,18). The van der Waals surface area contributed by atoms with Gasteiger partial charge in [-0.25, -0.2) is 9.37 Å². The number of amides is 1. The molecule has 0 saturated heterocycles. The molecule has 2 N–H and O–H groups in total. The molecular formula is C13H14FN3OS. The maximum absolute atomic E-state index is 13.5. The third kappa shape index (κ3) is 3.51. The summed E-state index contributed by atoms with van der Waals surface area (Å²) in [5, 5.41) is 2.38. The summed E-state index contributed by atoms with van der Waals surface area (Å²) in [6.07, 6.45) is 0.770. The molecule has 0 bridgehead atoms. The Labute approximate surface area is 114 Å². The fraction of sp³-hybridized carbons (Fsp3) is 0.231. The lowest BCUT2D eigenvalue weighted by Crippen LogP contribution is -2.26. The highest BCUT2D eigenvalue weighted by Gasteiger charge is 2.07. The Morgan fingerprint density at radius 2 is 2.21 bits per heavy atom. The number of hydrazine groups is 1. The number of nitrogens with one attached hydrogen (secondary N) is 2. The second-order valence-corrected chi connectivity index (χ2v) is 4.90. The van der Waals surface area contributed by atoms with Gasteiger partial charge in [-0.1, -0.05) is 6.92 Å². The lowest BCUT2D eigenvalue weighted by molar-refractivity contribution is -0.118. The Kier molecular flexibility index (Phi) is 4.11. The van der Waals surface area contributed by atoms with Crippen molar-refractivity contribution in [1.82, 2.24) is 10.4 Å². The summed E-state index contributed by atoms with van der Waals surface area (Å²) in [4.78, 5) is 15.1. The highest BCUT2D eigenvalue weighted by Crippen LogP contribution is 2.26. The molecule has 1 aromatic heterocycles. The van der Waals surface area contributed by atoms with Gasteiger partial charge in [0.1, 0.15) is 5.82 Å². The summed E-state index contributed by atoms with van der Waals surface area (Å²) in [7, 11) is 0. The Morgan fingerprint density at radius 1 is 1.42 bits per heavy atom. The SMILES string of the molecule is CCc1cc(F)cc(-c2csc(NNC(C)=O)n2)c1. The van der Waals surface area contributed by atoms with Crippen LogP contribution in [-0.2, 0) is 11.2 Å². The Bertz CT molecular complexity index is 597. The number of hydrogen-bond donors (Lipinski definition) is 2. The van der Waals surface area contributed by atoms with Gasteiger partial charge in [0.15, 0.2) is 0 Å². The molecule has 2 rings (SSSR count). The van der Waals surface area contributed by atoms with Crippen LogP contribution in [0.3, 0.4) is 0 Å². The number of thiazole rings is 1. The van der Waals surface area contributed by atoms with E-state index in [4.69, 9.17) is 0 Å². The van der Waals surface area contributed by atoms with Gasteiger partial charge < -0.3 is 0 Å². The summed E-state index contributed by atoms with van der Waals surface area (Å²) in [6.45, 7) is 3.38. The summed E-state index contributed by atoms with van der Waals surface area (Å²) in [6, 6.07) is 4.89. The molecule has 0 aliphatic carbocycles. The third-order valence-corrected chi connectivity index (χ3v) is 3.27. The monoisotopic (exact) mass is 279 g/mol. The van der Waals surface area contributed by atoms with Crippen LogP contribution in [0, 0.1) is 5.82 Å². The lowest BCUT2D eigenvalue weighted by atomic mass is 10.1. The smallest absolute Gasteiger partial charge is 0.235 e. The third-order valence-electron chi connectivity index (χ3n) is 2.51.